The van der Waals surface area contributed by atoms with Gasteiger partial charge in [0.1, 0.15) is 5.75 Å². The molecule has 2 heterocycles. The lowest BCUT2D eigenvalue weighted by atomic mass is 9.94. The molecule has 2 aliphatic rings. The van der Waals surface area contributed by atoms with E-state index in [4.69, 9.17) is 0 Å². The minimum atomic E-state index is 0.148. The summed E-state index contributed by atoms with van der Waals surface area (Å²) in [5.74, 6) is 0.288. The Morgan fingerprint density at radius 1 is 1.17 bits per heavy atom. The maximum Gasteiger partial charge on any atom is 0.126 e. The number of allylic oxidation sites excluding steroid dienone is 1. The molecule has 2 atom stereocenters. The number of aromatic hydroxyl groups is 1. The fourth-order valence-electron chi connectivity index (χ4n) is 4.64. The van der Waals surface area contributed by atoms with E-state index in [0.29, 0.717) is 6.04 Å². The Balaban J connectivity index is 1.42. The predicted molar refractivity (Wildman–Crippen MR) is 128 cm³/mol. The quantitative estimate of drug-likeness (QED) is 0.361. The van der Waals surface area contributed by atoms with Crippen LogP contribution in [0.25, 0.3) is 16.5 Å². The van der Waals surface area contributed by atoms with E-state index < -0.39 is 0 Å². The van der Waals surface area contributed by atoms with E-state index in [1.807, 2.05) is 6.20 Å². The van der Waals surface area contributed by atoms with Gasteiger partial charge in [-0.3, -0.25) is 4.90 Å². The minimum Gasteiger partial charge on any atom is -0.507 e. The molecule has 4 nitrogen and oxygen atoms in total. The van der Waals surface area contributed by atoms with Crippen LogP contribution in [-0.2, 0) is 6.42 Å². The zero-order valence-corrected chi connectivity index (χ0v) is 20.5. The van der Waals surface area contributed by atoms with Crippen molar-refractivity contribution in [3.8, 4) is 5.75 Å². The summed E-state index contributed by atoms with van der Waals surface area (Å²) in [6, 6.07) is 8.82. The summed E-state index contributed by atoms with van der Waals surface area (Å²) in [5.41, 5.74) is 6.18. The van der Waals surface area contributed by atoms with Crippen LogP contribution in [0.4, 0.5) is 0 Å². The summed E-state index contributed by atoms with van der Waals surface area (Å²) in [6.45, 7) is 1.74. The zero-order valence-electron chi connectivity index (χ0n) is 15.8. The number of benzene rings is 2. The van der Waals surface area contributed by atoms with Gasteiger partial charge in [0.25, 0.3) is 0 Å². The Labute approximate surface area is 194 Å². The number of halogens is 3. The van der Waals surface area contributed by atoms with Crippen LogP contribution in [0.15, 0.2) is 50.0 Å². The second kappa shape index (κ2) is 7.54. The van der Waals surface area contributed by atoms with E-state index in [-0.39, 0.29) is 11.8 Å². The summed E-state index contributed by atoms with van der Waals surface area (Å²) in [4.78, 5) is 5.75. The van der Waals surface area contributed by atoms with Crippen LogP contribution < -0.4 is 5.32 Å². The molecule has 0 radical (unpaired) electrons. The van der Waals surface area contributed by atoms with Gasteiger partial charge in [-0.2, -0.15) is 0 Å². The molecule has 0 bridgehead atoms. The van der Waals surface area contributed by atoms with Gasteiger partial charge in [0.2, 0.25) is 0 Å². The smallest absolute Gasteiger partial charge is 0.126 e. The number of hydrogen-bond donors (Lipinski definition) is 3. The van der Waals surface area contributed by atoms with Gasteiger partial charge < -0.3 is 15.4 Å². The lowest BCUT2D eigenvalue weighted by Gasteiger charge is -2.39. The molecule has 5 rings (SSSR count). The van der Waals surface area contributed by atoms with Crippen molar-refractivity contribution >= 4 is 64.3 Å². The molecule has 0 spiro atoms. The molecule has 2 aromatic carbocycles. The fourth-order valence-corrected chi connectivity index (χ4v) is 5.89. The second-order valence-corrected chi connectivity index (χ2v) is 10.3. The highest BCUT2D eigenvalue weighted by Gasteiger charge is 2.32. The molecular formula is C22H20Br3N3O. The number of aromatic nitrogens is 1. The molecule has 1 aliphatic heterocycles. The average molecular weight is 582 g/mol. The second-order valence-electron chi connectivity index (χ2n) is 7.77. The van der Waals surface area contributed by atoms with Crippen molar-refractivity contribution in [2.24, 2.45) is 0 Å². The number of H-pyrrole nitrogens is 1. The first-order valence-corrected chi connectivity index (χ1v) is 11.9. The average Bonchev–Trinajstić information content (AvgIpc) is 3.30. The van der Waals surface area contributed by atoms with E-state index in [1.165, 1.54) is 16.7 Å². The number of hydrogen-bond acceptors (Lipinski definition) is 3. The standard InChI is InChI=1S/C22H20Br3N3O/c1-28-10-17(15-8-27-22-20(15)19(29)7-16(24)21(22)25)26-9-18(28)14-4-2-11-6-12(23)3-5-13(11)14/h3-8,17-18,26-27,29H,2,9-10H2,1H3/t17-,18+/m1/s1. The molecule has 3 aromatic rings. The van der Waals surface area contributed by atoms with Gasteiger partial charge >= 0.3 is 0 Å². The molecule has 7 heteroatoms. The van der Waals surface area contributed by atoms with Crippen LogP contribution in [0.2, 0.25) is 0 Å². The van der Waals surface area contributed by atoms with E-state index in [2.05, 4.69) is 94.3 Å². The molecule has 29 heavy (non-hydrogen) atoms. The summed E-state index contributed by atoms with van der Waals surface area (Å²) in [6.07, 6.45) is 5.37. The number of phenolic OH excluding ortho intramolecular Hbond substituents is 1. The monoisotopic (exact) mass is 579 g/mol. The third kappa shape index (κ3) is 3.31. The van der Waals surface area contributed by atoms with Crippen molar-refractivity contribution in [3.63, 3.8) is 0 Å². The Morgan fingerprint density at radius 3 is 2.79 bits per heavy atom. The summed E-state index contributed by atoms with van der Waals surface area (Å²) in [7, 11) is 2.19. The number of piperazine rings is 1. The molecule has 1 aromatic heterocycles. The molecule has 3 N–H and O–H groups in total. The Kier molecular flexibility index (Phi) is 5.15. The number of rotatable bonds is 2. The van der Waals surface area contributed by atoms with Crippen molar-refractivity contribution in [1.82, 2.24) is 15.2 Å². The lowest BCUT2D eigenvalue weighted by Crippen LogP contribution is -2.51. The van der Waals surface area contributed by atoms with Gasteiger partial charge in [0, 0.05) is 45.7 Å². The van der Waals surface area contributed by atoms with Crippen LogP contribution in [0.1, 0.15) is 22.7 Å². The van der Waals surface area contributed by atoms with E-state index in [1.54, 1.807) is 6.07 Å². The normalized spacial score (nSPS) is 22.1. The highest BCUT2D eigenvalue weighted by molar-refractivity contribution is 9.13. The van der Waals surface area contributed by atoms with Crippen LogP contribution in [0.3, 0.4) is 0 Å². The maximum absolute atomic E-state index is 10.6. The topological polar surface area (TPSA) is 51.3 Å². The number of fused-ring (bicyclic) bond motifs is 2. The van der Waals surface area contributed by atoms with E-state index in [9.17, 15) is 5.11 Å². The van der Waals surface area contributed by atoms with Gasteiger partial charge in [-0.25, -0.2) is 0 Å². The van der Waals surface area contributed by atoms with Crippen LogP contribution in [0, 0.1) is 0 Å². The van der Waals surface area contributed by atoms with Crippen molar-refractivity contribution in [3.05, 3.63) is 66.6 Å². The maximum atomic E-state index is 10.6. The van der Waals surface area contributed by atoms with Crippen LogP contribution in [0.5, 0.6) is 5.75 Å². The Morgan fingerprint density at radius 2 is 2.00 bits per heavy atom. The third-order valence-corrected chi connectivity index (χ3v) is 8.55. The Bertz CT molecular complexity index is 1150. The number of nitrogens with one attached hydrogen (secondary N) is 2. The molecule has 150 valence electrons. The van der Waals surface area contributed by atoms with Crippen LogP contribution >= 0.6 is 47.8 Å². The molecular weight excluding hydrogens is 562 g/mol. The fraction of sp³-hybridized carbons (Fsp3) is 0.273. The Hall–Kier alpha value is -1.12. The van der Waals surface area contributed by atoms with Crippen molar-refractivity contribution < 1.29 is 5.11 Å². The van der Waals surface area contributed by atoms with Crippen LogP contribution in [-0.4, -0.2) is 41.2 Å². The first-order chi connectivity index (χ1) is 13.9. The molecule has 1 aliphatic carbocycles. The molecule has 1 saturated heterocycles. The van der Waals surface area contributed by atoms with E-state index in [0.717, 1.165) is 49.4 Å². The predicted octanol–water partition coefficient (Wildman–Crippen LogP) is 5.75. The first-order valence-electron chi connectivity index (χ1n) is 9.54. The van der Waals surface area contributed by atoms with Gasteiger partial charge in [0.15, 0.2) is 0 Å². The van der Waals surface area contributed by atoms with Gasteiger partial charge in [-0.05, 0) is 85.8 Å². The number of nitrogens with zero attached hydrogens (tertiary/aromatic N) is 1. The van der Waals surface area contributed by atoms with Crippen molar-refractivity contribution in [1.29, 1.82) is 0 Å². The molecule has 0 amide bonds. The van der Waals surface area contributed by atoms with Gasteiger partial charge in [-0.15, -0.1) is 0 Å². The zero-order chi connectivity index (χ0) is 20.3. The SMILES string of the molecule is CN1C[C@H](c2c[nH]c3c(Br)c(Br)cc(O)c23)NC[C@H]1C1=CCc2cc(Br)ccc21. The lowest BCUT2D eigenvalue weighted by molar-refractivity contribution is 0.201. The minimum absolute atomic E-state index is 0.148. The van der Waals surface area contributed by atoms with Crippen molar-refractivity contribution in [2.75, 3.05) is 20.1 Å². The number of phenols is 1. The highest BCUT2D eigenvalue weighted by atomic mass is 79.9. The van der Waals surface area contributed by atoms with Gasteiger partial charge in [0.05, 0.1) is 9.99 Å². The van der Waals surface area contributed by atoms with E-state index >= 15 is 0 Å². The largest absolute Gasteiger partial charge is 0.507 e. The van der Waals surface area contributed by atoms with Crippen molar-refractivity contribution in [2.45, 2.75) is 18.5 Å². The molecule has 1 fully saturated rings. The van der Waals surface area contributed by atoms with Gasteiger partial charge in [-0.1, -0.05) is 28.1 Å². The number of likely N-dealkylation sites (N-methyl/N-ethyl adjacent to an activating group) is 1. The summed E-state index contributed by atoms with van der Waals surface area (Å²) >= 11 is 10.7. The first kappa shape index (κ1) is 19.8. The third-order valence-electron chi connectivity index (χ3n) is 6.07. The highest BCUT2D eigenvalue weighted by Crippen LogP contribution is 2.41. The molecule has 0 saturated carbocycles. The number of aromatic amines is 1. The summed E-state index contributed by atoms with van der Waals surface area (Å²) in [5, 5.41) is 15.2. The molecule has 0 unspecified atom stereocenters. The summed E-state index contributed by atoms with van der Waals surface area (Å²) < 4.78 is 2.90.